The van der Waals surface area contributed by atoms with Crippen molar-refractivity contribution < 1.29 is 9.47 Å². The Labute approximate surface area is 106 Å². The van der Waals surface area contributed by atoms with Gasteiger partial charge in [-0.05, 0) is 30.3 Å². The number of methoxy groups -OCH3 is 1. The molecule has 0 radical (unpaired) electrons. The first-order valence-electron chi connectivity index (χ1n) is 5.58. The lowest BCUT2D eigenvalue weighted by Crippen LogP contribution is -1.98. The zero-order valence-electron chi connectivity index (χ0n) is 10.1. The highest BCUT2D eigenvalue weighted by Gasteiger charge is 2.02. The Hall–Kier alpha value is -2.47. The molecule has 90 valence electrons. The highest BCUT2D eigenvalue weighted by Crippen LogP contribution is 2.20. The third-order valence-corrected chi connectivity index (χ3v) is 2.57. The summed E-state index contributed by atoms with van der Waals surface area (Å²) >= 11 is 0. The van der Waals surface area contributed by atoms with E-state index in [1.165, 1.54) is 0 Å². The van der Waals surface area contributed by atoms with Gasteiger partial charge in [-0.25, -0.2) is 0 Å². The van der Waals surface area contributed by atoms with Crippen LogP contribution in [0.5, 0.6) is 11.5 Å². The minimum Gasteiger partial charge on any atom is -0.496 e. The molecule has 0 spiro atoms. The third kappa shape index (κ3) is 2.80. The molecule has 0 aliphatic heterocycles. The van der Waals surface area contributed by atoms with Crippen molar-refractivity contribution in [2.24, 2.45) is 0 Å². The van der Waals surface area contributed by atoms with Crippen molar-refractivity contribution in [3.63, 3.8) is 0 Å². The molecule has 0 amide bonds. The van der Waals surface area contributed by atoms with Crippen molar-refractivity contribution in [1.29, 1.82) is 5.26 Å². The van der Waals surface area contributed by atoms with Crippen LogP contribution in [0.2, 0.25) is 0 Å². The summed E-state index contributed by atoms with van der Waals surface area (Å²) in [6.45, 7) is 0.440. The number of nitriles is 1. The maximum atomic E-state index is 8.70. The van der Waals surface area contributed by atoms with Gasteiger partial charge in [0.05, 0.1) is 18.7 Å². The van der Waals surface area contributed by atoms with Crippen LogP contribution in [0.25, 0.3) is 0 Å². The maximum absolute atomic E-state index is 8.70. The van der Waals surface area contributed by atoms with Crippen LogP contribution in [0.4, 0.5) is 0 Å². The lowest BCUT2D eigenvalue weighted by molar-refractivity contribution is 0.296. The predicted molar refractivity (Wildman–Crippen MR) is 68.5 cm³/mol. The molecule has 3 heteroatoms. The summed E-state index contributed by atoms with van der Waals surface area (Å²) in [5, 5.41) is 8.70. The Balaban J connectivity index is 2.04. The Bertz CT molecular complexity index is 555. The molecule has 0 aliphatic carbocycles. The molecule has 0 fully saturated rings. The highest BCUT2D eigenvalue weighted by atomic mass is 16.5. The lowest BCUT2D eigenvalue weighted by atomic mass is 10.2. The third-order valence-electron chi connectivity index (χ3n) is 2.57. The molecule has 0 bridgehead atoms. The van der Waals surface area contributed by atoms with Gasteiger partial charge in [0.2, 0.25) is 0 Å². The van der Waals surface area contributed by atoms with Crippen LogP contribution in [-0.2, 0) is 6.61 Å². The van der Waals surface area contributed by atoms with Crippen LogP contribution in [0.1, 0.15) is 11.1 Å². The fourth-order valence-electron chi connectivity index (χ4n) is 1.61. The van der Waals surface area contributed by atoms with Gasteiger partial charge in [-0.15, -0.1) is 0 Å². The van der Waals surface area contributed by atoms with E-state index in [1.807, 2.05) is 24.3 Å². The molecule has 0 saturated carbocycles. The molecule has 0 heterocycles. The fraction of sp³-hybridized carbons (Fsp3) is 0.133. The monoisotopic (exact) mass is 239 g/mol. The van der Waals surface area contributed by atoms with E-state index in [9.17, 15) is 0 Å². The van der Waals surface area contributed by atoms with Gasteiger partial charge >= 0.3 is 0 Å². The lowest BCUT2D eigenvalue weighted by Gasteiger charge is -2.09. The molecule has 0 atom stereocenters. The molecular formula is C15H13NO2. The second-order valence-corrected chi connectivity index (χ2v) is 3.74. The van der Waals surface area contributed by atoms with Gasteiger partial charge in [0.15, 0.2) is 0 Å². The molecule has 0 aromatic heterocycles. The molecule has 0 N–H and O–H groups in total. The Morgan fingerprint density at radius 1 is 1.06 bits per heavy atom. The zero-order valence-corrected chi connectivity index (χ0v) is 10.1. The minimum absolute atomic E-state index is 0.440. The van der Waals surface area contributed by atoms with Gasteiger partial charge in [0, 0.05) is 5.56 Å². The van der Waals surface area contributed by atoms with Crippen LogP contribution in [0, 0.1) is 11.3 Å². The number of hydrogen-bond acceptors (Lipinski definition) is 3. The summed E-state index contributed by atoms with van der Waals surface area (Å²) in [5.41, 5.74) is 1.61. The highest BCUT2D eigenvalue weighted by molar-refractivity contribution is 5.36. The maximum Gasteiger partial charge on any atom is 0.125 e. The molecule has 2 aromatic carbocycles. The van der Waals surface area contributed by atoms with E-state index in [1.54, 1.807) is 31.4 Å². The number of ether oxygens (including phenoxy) is 2. The van der Waals surface area contributed by atoms with E-state index in [4.69, 9.17) is 14.7 Å². The van der Waals surface area contributed by atoms with E-state index in [0.29, 0.717) is 12.2 Å². The van der Waals surface area contributed by atoms with Crippen LogP contribution in [0.3, 0.4) is 0 Å². The summed E-state index contributed by atoms with van der Waals surface area (Å²) in [7, 11) is 1.64. The molecule has 0 aliphatic rings. The van der Waals surface area contributed by atoms with Crippen LogP contribution < -0.4 is 9.47 Å². The summed E-state index contributed by atoms with van der Waals surface area (Å²) in [6.07, 6.45) is 0. The smallest absolute Gasteiger partial charge is 0.125 e. The van der Waals surface area contributed by atoms with E-state index >= 15 is 0 Å². The molecule has 2 aromatic rings. The number of benzene rings is 2. The van der Waals surface area contributed by atoms with Crippen LogP contribution in [-0.4, -0.2) is 7.11 Å². The van der Waals surface area contributed by atoms with Crippen LogP contribution >= 0.6 is 0 Å². The Morgan fingerprint density at radius 3 is 2.44 bits per heavy atom. The Kier molecular flexibility index (Phi) is 3.83. The largest absolute Gasteiger partial charge is 0.496 e. The first-order valence-corrected chi connectivity index (χ1v) is 5.58. The van der Waals surface area contributed by atoms with Gasteiger partial charge in [-0.1, -0.05) is 18.2 Å². The van der Waals surface area contributed by atoms with Gasteiger partial charge in [-0.2, -0.15) is 5.26 Å². The summed E-state index contributed by atoms with van der Waals surface area (Å²) in [5.74, 6) is 1.55. The van der Waals surface area contributed by atoms with E-state index in [2.05, 4.69) is 6.07 Å². The van der Waals surface area contributed by atoms with Crippen molar-refractivity contribution in [2.45, 2.75) is 6.61 Å². The van der Waals surface area contributed by atoms with Crippen molar-refractivity contribution in [1.82, 2.24) is 0 Å². The van der Waals surface area contributed by atoms with Gasteiger partial charge in [0.1, 0.15) is 18.1 Å². The number of rotatable bonds is 4. The molecule has 2 rings (SSSR count). The molecule has 3 nitrogen and oxygen atoms in total. The predicted octanol–water partition coefficient (Wildman–Crippen LogP) is 3.15. The number of hydrogen-bond donors (Lipinski definition) is 0. The SMILES string of the molecule is COc1ccccc1COc1ccc(C#N)cc1. The number of para-hydroxylation sites is 1. The summed E-state index contributed by atoms with van der Waals surface area (Å²) < 4.78 is 10.9. The topological polar surface area (TPSA) is 42.2 Å². The fourth-order valence-corrected chi connectivity index (χ4v) is 1.61. The molecule has 18 heavy (non-hydrogen) atoms. The van der Waals surface area contributed by atoms with Gasteiger partial charge in [0.25, 0.3) is 0 Å². The summed E-state index contributed by atoms with van der Waals surface area (Å²) in [4.78, 5) is 0. The summed E-state index contributed by atoms with van der Waals surface area (Å²) in [6, 6.07) is 16.8. The van der Waals surface area contributed by atoms with E-state index in [-0.39, 0.29) is 0 Å². The van der Waals surface area contributed by atoms with E-state index in [0.717, 1.165) is 17.1 Å². The molecular weight excluding hydrogens is 226 g/mol. The average Bonchev–Trinajstić information content (AvgIpc) is 2.46. The first-order chi connectivity index (χ1) is 8.83. The number of nitrogens with zero attached hydrogens (tertiary/aromatic N) is 1. The minimum atomic E-state index is 0.440. The second kappa shape index (κ2) is 5.74. The molecule has 0 unspecified atom stereocenters. The van der Waals surface area contributed by atoms with Crippen molar-refractivity contribution in [3.8, 4) is 17.6 Å². The van der Waals surface area contributed by atoms with Crippen molar-refractivity contribution in [3.05, 3.63) is 59.7 Å². The Morgan fingerprint density at radius 2 is 1.78 bits per heavy atom. The second-order valence-electron chi connectivity index (χ2n) is 3.74. The van der Waals surface area contributed by atoms with Crippen molar-refractivity contribution in [2.75, 3.05) is 7.11 Å². The standard InChI is InChI=1S/C15H13NO2/c1-17-15-5-3-2-4-13(15)11-18-14-8-6-12(10-16)7-9-14/h2-9H,11H2,1H3. The zero-order chi connectivity index (χ0) is 12.8. The quantitative estimate of drug-likeness (QED) is 0.823. The average molecular weight is 239 g/mol. The van der Waals surface area contributed by atoms with Crippen molar-refractivity contribution >= 4 is 0 Å². The van der Waals surface area contributed by atoms with Gasteiger partial charge in [-0.3, -0.25) is 0 Å². The van der Waals surface area contributed by atoms with Crippen LogP contribution in [0.15, 0.2) is 48.5 Å². The first kappa shape index (κ1) is 12.0. The van der Waals surface area contributed by atoms with Gasteiger partial charge < -0.3 is 9.47 Å². The normalized spacial score (nSPS) is 9.56. The molecule has 0 saturated heterocycles. The van der Waals surface area contributed by atoms with E-state index < -0.39 is 0 Å².